The fourth-order valence-corrected chi connectivity index (χ4v) is 4.05. The van der Waals surface area contributed by atoms with Crippen LogP contribution in [-0.4, -0.2) is 50.1 Å². The molecule has 0 spiro atoms. The fourth-order valence-electron chi connectivity index (χ4n) is 3.18. The maximum Gasteiger partial charge on any atom is 0.220 e. The Labute approximate surface area is 121 Å². The second kappa shape index (κ2) is 6.41. The number of nitrogens with one attached hydrogen (secondary N) is 1. The summed E-state index contributed by atoms with van der Waals surface area (Å²) in [6.45, 7) is 0.986. The molecule has 1 saturated carbocycles. The zero-order valence-electron chi connectivity index (χ0n) is 12.0. The Balaban J connectivity index is 1.74. The number of nitrogens with two attached hydrogens (primary N) is 1. The van der Waals surface area contributed by atoms with Crippen LogP contribution in [-0.2, 0) is 14.8 Å². The number of hydrogen-bond donors (Lipinski definition) is 2. The van der Waals surface area contributed by atoms with Gasteiger partial charge in [-0.05, 0) is 31.6 Å². The van der Waals surface area contributed by atoms with Gasteiger partial charge in [-0.25, -0.2) is 12.7 Å². The van der Waals surface area contributed by atoms with Gasteiger partial charge in [-0.3, -0.25) is 4.79 Å². The highest BCUT2D eigenvalue weighted by Crippen LogP contribution is 2.26. The van der Waals surface area contributed by atoms with Gasteiger partial charge in [0.25, 0.3) is 0 Å². The molecule has 0 radical (unpaired) electrons. The van der Waals surface area contributed by atoms with Gasteiger partial charge in [0.2, 0.25) is 15.9 Å². The van der Waals surface area contributed by atoms with Crippen LogP contribution in [0.15, 0.2) is 0 Å². The van der Waals surface area contributed by atoms with Gasteiger partial charge >= 0.3 is 0 Å². The Kier molecular flexibility index (Phi) is 5.04. The lowest BCUT2D eigenvalue weighted by Gasteiger charge is -2.31. The summed E-state index contributed by atoms with van der Waals surface area (Å²) in [4.78, 5) is 12.0. The van der Waals surface area contributed by atoms with E-state index in [4.69, 9.17) is 5.73 Å². The van der Waals surface area contributed by atoms with Gasteiger partial charge in [0.05, 0.1) is 6.26 Å². The molecule has 1 heterocycles. The van der Waals surface area contributed by atoms with Crippen molar-refractivity contribution >= 4 is 15.9 Å². The minimum atomic E-state index is -3.10. The number of amides is 1. The van der Waals surface area contributed by atoms with E-state index in [-0.39, 0.29) is 18.0 Å². The van der Waals surface area contributed by atoms with Crippen LogP contribution < -0.4 is 11.1 Å². The number of rotatable bonds is 4. The minimum Gasteiger partial charge on any atom is -0.353 e. The minimum absolute atomic E-state index is 0.0603. The molecule has 1 amide bonds. The first kappa shape index (κ1) is 15.7. The summed E-state index contributed by atoms with van der Waals surface area (Å²) in [6.07, 6.45) is 6.30. The first-order valence-electron chi connectivity index (χ1n) is 7.36. The smallest absolute Gasteiger partial charge is 0.220 e. The third kappa shape index (κ3) is 4.17. The summed E-state index contributed by atoms with van der Waals surface area (Å²) in [7, 11) is -3.10. The van der Waals surface area contributed by atoms with Gasteiger partial charge in [-0.2, -0.15) is 0 Å². The van der Waals surface area contributed by atoms with Crippen molar-refractivity contribution in [2.24, 2.45) is 11.7 Å². The highest BCUT2D eigenvalue weighted by molar-refractivity contribution is 7.88. The number of sulfonamides is 1. The molecule has 1 saturated heterocycles. The molecular weight excluding hydrogens is 278 g/mol. The van der Waals surface area contributed by atoms with E-state index in [1.165, 1.54) is 10.6 Å². The van der Waals surface area contributed by atoms with Crippen LogP contribution in [0, 0.1) is 5.92 Å². The van der Waals surface area contributed by atoms with Crippen molar-refractivity contribution in [3.63, 3.8) is 0 Å². The van der Waals surface area contributed by atoms with Gasteiger partial charge in [-0.15, -0.1) is 0 Å². The quantitative estimate of drug-likeness (QED) is 0.767. The predicted molar refractivity (Wildman–Crippen MR) is 77.5 cm³/mol. The Hall–Kier alpha value is -0.660. The second-order valence-electron chi connectivity index (χ2n) is 6.06. The summed E-state index contributed by atoms with van der Waals surface area (Å²) < 4.78 is 24.3. The van der Waals surface area contributed by atoms with Crippen molar-refractivity contribution in [1.29, 1.82) is 0 Å². The van der Waals surface area contributed by atoms with Crippen LogP contribution in [0.3, 0.4) is 0 Å². The Morgan fingerprint density at radius 1 is 1.25 bits per heavy atom. The van der Waals surface area contributed by atoms with E-state index in [1.54, 1.807) is 0 Å². The Morgan fingerprint density at radius 2 is 1.90 bits per heavy atom. The van der Waals surface area contributed by atoms with Crippen LogP contribution in [0.1, 0.15) is 38.5 Å². The molecule has 0 unspecified atom stereocenters. The number of nitrogens with zero attached hydrogens (tertiary/aromatic N) is 1. The maximum absolute atomic E-state index is 12.0. The molecule has 2 aliphatic rings. The molecule has 2 rings (SSSR count). The van der Waals surface area contributed by atoms with Crippen LogP contribution in [0.5, 0.6) is 0 Å². The zero-order valence-corrected chi connectivity index (χ0v) is 12.9. The maximum atomic E-state index is 12.0. The monoisotopic (exact) mass is 303 g/mol. The number of hydrogen-bond acceptors (Lipinski definition) is 4. The van der Waals surface area contributed by atoms with Crippen molar-refractivity contribution < 1.29 is 13.2 Å². The summed E-state index contributed by atoms with van der Waals surface area (Å²) in [5, 5.41) is 3.02. The lowest BCUT2D eigenvalue weighted by atomic mass is 9.99. The zero-order chi connectivity index (χ0) is 14.8. The molecule has 0 bridgehead atoms. The standard InChI is InChI=1S/C13H25N3O3S/c1-20(18,19)16-7-5-11(6-8-16)15-13(17)9-10-3-2-4-12(10)14/h10-12H,2-9,14H2,1H3,(H,15,17)/t10-,12+/m0/s1. The van der Waals surface area contributed by atoms with Crippen LogP contribution in [0.4, 0.5) is 0 Å². The number of piperidine rings is 1. The van der Waals surface area contributed by atoms with Crippen molar-refractivity contribution in [2.75, 3.05) is 19.3 Å². The summed E-state index contributed by atoms with van der Waals surface area (Å²) in [6, 6.07) is 0.256. The van der Waals surface area contributed by atoms with Gasteiger partial charge in [-0.1, -0.05) is 6.42 Å². The molecule has 1 aliphatic heterocycles. The average molecular weight is 303 g/mol. The topological polar surface area (TPSA) is 92.5 Å². The molecule has 0 aromatic heterocycles. The molecule has 20 heavy (non-hydrogen) atoms. The van der Waals surface area contributed by atoms with E-state index in [0.29, 0.717) is 38.3 Å². The summed E-state index contributed by atoms with van der Waals surface area (Å²) in [5.41, 5.74) is 5.97. The Bertz CT molecular complexity index is 444. The van der Waals surface area contributed by atoms with Crippen LogP contribution in [0.2, 0.25) is 0 Å². The summed E-state index contributed by atoms with van der Waals surface area (Å²) in [5.74, 6) is 0.372. The second-order valence-corrected chi connectivity index (χ2v) is 8.05. The third-order valence-electron chi connectivity index (χ3n) is 4.45. The molecule has 7 heteroatoms. The number of carbonyl (C=O) groups excluding carboxylic acids is 1. The number of carbonyl (C=O) groups is 1. The Morgan fingerprint density at radius 3 is 2.40 bits per heavy atom. The molecule has 3 N–H and O–H groups in total. The highest BCUT2D eigenvalue weighted by Gasteiger charge is 2.29. The lowest BCUT2D eigenvalue weighted by Crippen LogP contribution is -2.46. The molecule has 6 nitrogen and oxygen atoms in total. The predicted octanol–water partition coefficient (Wildman–Crippen LogP) is 0.0441. The molecule has 116 valence electrons. The van der Waals surface area contributed by atoms with Crippen molar-refractivity contribution in [2.45, 2.75) is 50.6 Å². The molecule has 2 fully saturated rings. The van der Waals surface area contributed by atoms with Gasteiger partial charge < -0.3 is 11.1 Å². The highest BCUT2D eigenvalue weighted by atomic mass is 32.2. The van der Waals surface area contributed by atoms with Crippen LogP contribution in [0.25, 0.3) is 0 Å². The first-order valence-corrected chi connectivity index (χ1v) is 9.21. The van der Waals surface area contributed by atoms with E-state index in [1.807, 2.05) is 0 Å². The average Bonchev–Trinajstić information content (AvgIpc) is 2.74. The van der Waals surface area contributed by atoms with Gasteiger partial charge in [0.15, 0.2) is 0 Å². The normalized spacial score (nSPS) is 29.5. The van der Waals surface area contributed by atoms with Crippen molar-refractivity contribution in [1.82, 2.24) is 9.62 Å². The van der Waals surface area contributed by atoms with E-state index in [2.05, 4.69) is 5.32 Å². The summed E-state index contributed by atoms with van der Waals surface area (Å²) >= 11 is 0. The van der Waals surface area contributed by atoms with E-state index in [0.717, 1.165) is 19.3 Å². The van der Waals surface area contributed by atoms with E-state index in [9.17, 15) is 13.2 Å². The largest absolute Gasteiger partial charge is 0.353 e. The van der Waals surface area contributed by atoms with E-state index >= 15 is 0 Å². The lowest BCUT2D eigenvalue weighted by molar-refractivity contribution is -0.123. The van der Waals surface area contributed by atoms with E-state index < -0.39 is 10.0 Å². The van der Waals surface area contributed by atoms with Gasteiger partial charge in [0, 0.05) is 31.6 Å². The SMILES string of the molecule is CS(=O)(=O)N1CCC(NC(=O)C[C@@H]2CCC[C@H]2N)CC1. The van der Waals surface area contributed by atoms with Crippen molar-refractivity contribution in [3.05, 3.63) is 0 Å². The molecular formula is C13H25N3O3S. The first-order chi connectivity index (χ1) is 9.36. The van der Waals surface area contributed by atoms with Crippen LogP contribution >= 0.6 is 0 Å². The van der Waals surface area contributed by atoms with Crippen molar-refractivity contribution in [3.8, 4) is 0 Å². The molecule has 1 aliphatic carbocycles. The molecule has 2 atom stereocenters. The third-order valence-corrected chi connectivity index (χ3v) is 5.76. The fraction of sp³-hybridized carbons (Fsp3) is 0.923. The molecule has 0 aromatic rings. The molecule has 0 aromatic carbocycles. The van der Waals surface area contributed by atoms with Gasteiger partial charge in [0.1, 0.15) is 0 Å².